The molecule has 0 aliphatic heterocycles. The summed E-state index contributed by atoms with van der Waals surface area (Å²) in [7, 11) is 0. The van der Waals surface area contributed by atoms with Crippen molar-refractivity contribution in [2.24, 2.45) is 0 Å². The number of carbonyl (C=O) groups is 2. The van der Waals surface area contributed by atoms with Crippen LogP contribution in [0.15, 0.2) is 107 Å². The van der Waals surface area contributed by atoms with Crippen molar-refractivity contribution in [3.05, 3.63) is 108 Å². The zero-order valence-corrected chi connectivity index (χ0v) is 21.0. The predicted octanol–water partition coefficient (Wildman–Crippen LogP) is 6.00. The molecule has 1 atom stereocenters. The van der Waals surface area contributed by atoms with Crippen LogP contribution in [0, 0.1) is 0 Å². The fourth-order valence-corrected chi connectivity index (χ4v) is 4.63. The molecule has 0 aliphatic rings. The largest absolute Gasteiger partial charge is 0.480 e. The normalized spacial score (nSPS) is 11.7. The van der Waals surface area contributed by atoms with Gasteiger partial charge in [0.25, 0.3) is 5.22 Å². The first-order valence-corrected chi connectivity index (χ1v) is 12.9. The number of anilines is 1. The summed E-state index contributed by atoms with van der Waals surface area (Å²) in [5, 5.41) is 15.5. The number of fused-ring (bicyclic) bond motifs is 1. The van der Waals surface area contributed by atoms with Gasteiger partial charge >= 0.3 is 12.0 Å². The van der Waals surface area contributed by atoms with Crippen molar-refractivity contribution >= 4 is 40.5 Å². The van der Waals surface area contributed by atoms with Gasteiger partial charge in [0.15, 0.2) is 5.58 Å². The molecule has 8 nitrogen and oxygen atoms in total. The van der Waals surface area contributed by atoms with Crippen LogP contribution < -0.4 is 10.6 Å². The lowest BCUT2D eigenvalue weighted by atomic mass is 10.1. The smallest absolute Gasteiger partial charge is 0.326 e. The highest BCUT2D eigenvalue weighted by Gasteiger charge is 2.21. The Labute approximate surface area is 223 Å². The van der Waals surface area contributed by atoms with Gasteiger partial charge < -0.3 is 20.2 Å². The molecule has 0 radical (unpaired) electrons. The van der Waals surface area contributed by atoms with Crippen LogP contribution in [-0.2, 0) is 17.0 Å². The van der Waals surface area contributed by atoms with E-state index >= 15 is 0 Å². The molecule has 2 heterocycles. The van der Waals surface area contributed by atoms with Crippen LogP contribution in [0.2, 0.25) is 0 Å². The number of nitrogens with one attached hydrogen (secondary N) is 2. The Balaban J connectivity index is 1.18. The number of carboxylic acids is 1. The second kappa shape index (κ2) is 11.6. The third-order valence-electron chi connectivity index (χ3n) is 5.75. The van der Waals surface area contributed by atoms with E-state index in [-0.39, 0.29) is 6.42 Å². The number of amides is 2. The molecule has 0 saturated carbocycles. The van der Waals surface area contributed by atoms with Gasteiger partial charge in [-0.25, -0.2) is 14.6 Å². The van der Waals surface area contributed by atoms with Crippen molar-refractivity contribution < 1.29 is 19.1 Å². The molecule has 2 amide bonds. The Kier molecular flexibility index (Phi) is 7.65. The van der Waals surface area contributed by atoms with E-state index in [2.05, 4.69) is 20.6 Å². The number of carboxylic acid groups (broad SMARTS) is 1. The standard InChI is InChI=1S/C29H24N4O4S/c34-27(35)25(32-28(36)31-21-15-13-20(14-16-21)19-7-2-1-3-8-19)17-22-9-6-10-23(30-22)18-38-29-33-24-11-4-5-12-26(24)37-29/h1-16,25H,17-18H2,(H,34,35)(H2,31,32,36). The zero-order chi connectivity index (χ0) is 26.3. The summed E-state index contributed by atoms with van der Waals surface area (Å²) in [5.74, 6) is -0.640. The van der Waals surface area contributed by atoms with E-state index in [9.17, 15) is 14.7 Å². The molecule has 0 fully saturated rings. The Morgan fingerprint density at radius 1 is 0.816 bits per heavy atom. The van der Waals surface area contributed by atoms with Gasteiger partial charge in [-0.2, -0.15) is 0 Å². The summed E-state index contributed by atoms with van der Waals surface area (Å²) < 4.78 is 5.73. The summed E-state index contributed by atoms with van der Waals surface area (Å²) in [4.78, 5) is 33.4. The minimum absolute atomic E-state index is 0.0388. The van der Waals surface area contributed by atoms with Crippen LogP contribution in [0.4, 0.5) is 10.5 Å². The number of pyridine rings is 1. The van der Waals surface area contributed by atoms with Gasteiger partial charge in [-0.3, -0.25) is 4.98 Å². The van der Waals surface area contributed by atoms with Crippen LogP contribution in [0.1, 0.15) is 11.4 Å². The Morgan fingerprint density at radius 3 is 2.29 bits per heavy atom. The van der Waals surface area contributed by atoms with E-state index in [4.69, 9.17) is 4.42 Å². The van der Waals surface area contributed by atoms with Crippen molar-refractivity contribution in [3.8, 4) is 11.1 Å². The molecule has 1 unspecified atom stereocenters. The first-order valence-electron chi connectivity index (χ1n) is 11.9. The molecule has 0 saturated heterocycles. The second-order valence-electron chi connectivity index (χ2n) is 8.49. The maximum Gasteiger partial charge on any atom is 0.326 e. The maximum absolute atomic E-state index is 12.5. The summed E-state index contributed by atoms with van der Waals surface area (Å²) in [6.45, 7) is 0. The Morgan fingerprint density at radius 2 is 1.53 bits per heavy atom. The monoisotopic (exact) mass is 524 g/mol. The van der Waals surface area contributed by atoms with E-state index in [1.165, 1.54) is 11.8 Å². The van der Waals surface area contributed by atoms with Gasteiger partial charge in [-0.1, -0.05) is 72.4 Å². The number of oxazole rings is 1. The lowest BCUT2D eigenvalue weighted by Gasteiger charge is -2.15. The highest BCUT2D eigenvalue weighted by atomic mass is 32.2. The molecule has 3 aromatic carbocycles. The van der Waals surface area contributed by atoms with E-state index in [1.54, 1.807) is 18.2 Å². The van der Waals surface area contributed by atoms with Gasteiger partial charge in [0.2, 0.25) is 0 Å². The van der Waals surface area contributed by atoms with E-state index in [0.717, 1.165) is 27.9 Å². The van der Waals surface area contributed by atoms with E-state index < -0.39 is 18.0 Å². The summed E-state index contributed by atoms with van der Waals surface area (Å²) in [6.07, 6.45) is 0.0388. The molecule has 190 valence electrons. The molecule has 9 heteroatoms. The first kappa shape index (κ1) is 25.0. The molecule has 0 spiro atoms. The number of carbonyl (C=O) groups excluding carboxylic acids is 1. The lowest BCUT2D eigenvalue weighted by molar-refractivity contribution is -0.139. The van der Waals surface area contributed by atoms with Crippen molar-refractivity contribution in [2.45, 2.75) is 23.4 Å². The number of rotatable bonds is 9. The first-order chi connectivity index (χ1) is 18.5. The topological polar surface area (TPSA) is 117 Å². The number of hydrogen-bond donors (Lipinski definition) is 3. The number of aromatic nitrogens is 2. The number of aliphatic carboxylic acids is 1. The van der Waals surface area contributed by atoms with Gasteiger partial charge in [0, 0.05) is 23.6 Å². The highest BCUT2D eigenvalue weighted by Crippen LogP contribution is 2.26. The molecule has 38 heavy (non-hydrogen) atoms. The molecule has 0 aliphatic carbocycles. The number of urea groups is 1. The quantitative estimate of drug-likeness (QED) is 0.202. The molecular weight excluding hydrogens is 500 g/mol. The van der Waals surface area contributed by atoms with Crippen LogP contribution in [-0.4, -0.2) is 33.1 Å². The van der Waals surface area contributed by atoms with E-state index in [1.807, 2.05) is 78.9 Å². The van der Waals surface area contributed by atoms with Crippen molar-refractivity contribution in [3.63, 3.8) is 0 Å². The van der Waals surface area contributed by atoms with E-state index in [0.29, 0.717) is 22.4 Å². The molecular formula is C29H24N4O4S. The Bertz CT molecular complexity index is 1520. The van der Waals surface area contributed by atoms with Gasteiger partial charge in [0.05, 0.1) is 5.69 Å². The van der Waals surface area contributed by atoms with Gasteiger partial charge in [-0.15, -0.1) is 0 Å². The maximum atomic E-state index is 12.5. The number of thioether (sulfide) groups is 1. The van der Waals surface area contributed by atoms with Gasteiger partial charge in [0.1, 0.15) is 11.6 Å². The fraction of sp³-hybridized carbons (Fsp3) is 0.103. The lowest BCUT2D eigenvalue weighted by Crippen LogP contribution is -2.44. The van der Waals surface area contributed by atoms with Crippen LogP contribution in [0.25, 0.3) is 22.2 Å². The molecule has 0 bridgehead atoms. The highest BCUT2D eigenvalue weighted by molar-refractivity contribution is 7.98. The van der Waals surface area contributed by atoms with Gasteiger partial charge in [-0.05, 0) is 47.5 Å². The summed E-state index contributed by atoms with van der Waals surface area (Å²) >= 11 is 1.41. The molecule has 5 aromatic rings. The van der Waals surface area contributed by atoms with Crippen LogP contribution in [0.3, 0.4) is 0 Å². The van der Waals surface area contributed by atoms with Crippen molar-refractivity contribution in [1.82, 2.24) is 15.3 Å². The van der Waals surface area contributed by atoms with Crippen LogP contribution >= 0.6 is 11.8 Å². The minimum Gasteiger partial charge on any atom is -0.480 e. The Hall–Kier alpha value is -4.63. The third-order valence-corrected chi connectivity index (χ3v) is 6.61. The number of hydrogen-bond acceptors (Lipinski definition) is 6. The molecule has 3 N–H and O–H groups in total. The fourth-order valence-electron chi connectivity index (χ4n) is 3.88. The summed E-state index contributed by atoms with van der Waals surface area (Å²) in [6, 6.07) is 28.4. The number of para-hydroxylation sites is 2. The van der Waals surface area contributed by atoms with Crippen LogP contribution in [0.5, 0.6) is 0 Å². The summed E-state index contributed by atoms with van der Waals surface area (Å²) in [5.41, 5.74) is 5.46. The SMILES string of the molecule is O=C(Nc1ccc(-c2ccccc2)cc1)NC(Cc1cccc(CSc2nc3ccccc3o2)n1)C(=O)O. The average Bonchev–Trinajstić information content (AvgIpc) is 3.36. The van der Waals surface area contributed by atoms with Crippen molar-refractivity contribution in [2.75, 3.05) is 5.32 Å². The zero-order valence-electron chi connectivity index (χ0n) is 20.2. The minimum atomic E-state index is -1.15. The second-order valence-corrected chi connectivity index (χ2v) is 9.42. The third kappa shape index (κ3) is 6.37. The predicted molar refractivity (Wildman–Crippen MR) is 147 cm³/mol. The average molecular weight is 525 g/mol. The number of nitrogens with zero attached hydrogens (tertiary/aromatic N) is 2. The molecule has 5 rings (SSSR count). The molecule has 2 aromatic heterocycles. The van der Waals surface area contributed by atoms with Crippen molar-refractivity contribution in [1.29, 1.82) is 0 Å². The number of benzene rings is 3.